The summed E-state index contributed by atoms with van der Waals surface area (Å²) in [5, 5.41) is 3.28. The van der Waals surface area contributed by atoms with Crippen LogP contribution in [0.15, 0.2) is 77.7 Å². The molecule has 0 heterocycles. The van der Waals surface area contributed by atoms with Gasteiger partial charge in [0.1, 0.15) is 18.4 Å². The maximum Gasteiger partial charge on any atom is 0.264 e. The molecule has 1 aliphatic carbocycles. The minimum Gasteiger partial charge on any atom is -0.352 e. The van der Waals surface area contributed by atoms with Crippen LogP contribution in [0.4, 0.5) is 10.1 Å². The number of anilines is 1. The lowest BCUT2D eigenvalue weighted by Crippen LogP contribution is -2.52. The molecule has 1 aliphatic rings. The van der Waals surface area contributed by atoms with Crippen molar-refractivity contribution in [3.8, 4) is 0 Å². The number of benzene rings is 3. The van der Waals surface area contributed by atoms with Crippen molar-refractivity contribution in [2.45, 2.75) is 56.1 Å². The van der Waals surface area contributed by atoms with Crippen LogP contribution in [0.2, 0.25) is 10.0 Å². The number of hydrogen-bond donors (Lipinski definition) is 1. The van der Waals surface area contributed by atoms with E-state index < -0.39 is 40.2 Å². The summed E-state index contributed by atoms with van der Waals surface area (Å²) in [6.45, 7) is 0.626. The Morgan fingerprint density at radius 2 is 1.65 bits per heavy atom. The summed E-state index contributed by atoms with van der Waals surface area (Å²) in [7, 11) is -4.28. The lowest BCUT2D eigenvalue weighted by molar-refractivity contribution is -0.139. The lowest BCUT2D eigenvalue weighted by Gasteiger charge is -2.32. The lowest BCUT2D eigenvalue weighted by atomic mass is 10.1. The van der Waals surface area contributed by atoms with Gasteiger partial charge in [-0.1, -0.05) is 72.4 Å². The van der Waals surface area contributed by atoms with E-state index in [2.05, 4.69) is 5.32 Å². The van der Waals surface area contributed by atoms with E-state index >= 15 is 0 Å². The first-order valence-electron chi connectivity index (χ1n) is 12.9. The van der Waals surface area contributed by atoms with Crippen molar-refractivity contribution in [2.75, 3.05) is 10.8 Å². The molecule has 0 radical (unpaired) electrons. The Balaban J connectivity index is 1.71. The molecule has 1 N–H and O–H groups in total. The number of nitrogens with zero attached hydrogens (tertiary/aromatic N) is 2. The summed E-state index contributed by atoms with van der Waals surface area (Å²) in [4.78, 5) is 28.3. The van der Waals surface area contributed by atoms with Gasteiger partial charge in [0.05, 0.1) is 15.6 Å². The highest BCUT2D eigenvalue weighted by molar-refractivity contribution is 7.92. The van der Waals surface area contributed by atoms with Gasteiger partial charge >= 0.3 is 0 Å². The van der Waals surface area contributed by atoms with Gasteiger partial charge in [0.25, 0.3) is 10.0 Å². The third kappa shape index (κ3) is 6.95. The highest BCUT2D eigenvalue weighted by Crippen LogP contribution is 2.33. The first kappa shape index (κ1) is 29.8. The van der Waals surface area contributed by atoms with Gasteiger partial charge in [0, 0.05) is 23.2 Å². The predicted octanol–water partition coefficient (Wildman–Crippen LogP) is 5.80. The molecule has 4 rings (SSSR count). The molecule has 0 saturated heterocycles. The number of rotatable bonds is 10. The third-order valence-electron chi connectivity index (χ3n) is 6.96. The number of carbonyl (C=O) groups is 2. The normalized spacial score (nSPS) is 14.5. The van der Waals surface area contributed by atoms with Gasteiger partial charge in [0.2, 0.25) is 11.8 Å². The Kier molecular flexibility index (Phi) is 9.71. The fraction of sp³-hybridized carbons (Fsp3) is 0.310. The summed E-state index contributed by atoms with van der Waals surface area (Å²) < 4.78 is 43.1. The molecule has 0 aliphatic heterocycles. The van der Waals surface area contributed by atoms with Gasteiger partial charge in [-0.2, -0.15) is 0 Å². The molecule has 1 atom stereocenters. The molecule has 0 aromatic heterocycles. The van der Waals surface area contributed by atoms with E-state index in [0.29, 0.717) is 0 Å². The fourth-order valence-corrected chi connectivity index (χ4v) is 6.72. The quantitative estimate of drug-likeness (QED) is 0.316. The average molecular weight is 607 g/mol. The summed E-state index contributed by atoms with van der Waals surface area (Å²) in [6.07, 6.45) is 3.70. The topological polar surface area (TPSA) is 86.8 Å². The van der Waals surface area contributed by atoms with E-state index in [1.54, 1.807) is 31.2 Å². The Morgan fingerprint density at radius 3 is 2.30 bits per heavy atom. The summed E-state index contributed by atoms with van der Waals surface area (Å²) in [5.74, 6) is -1.64. The predicted molar refractivity (Wildman–Crippen MR) is 154 cm³/mol. The van der Waals surface area contributed by atoms with Crippen molar-refractivity contribution in [2.24, 2.45) is 0 Å². The van der Waals surface area contributed by atoms with Gasteiger partial charge in [-0.3, -0.25) is 13.9 Å². The number of halogens is 3. The largest absolute Gasteiger partial charge is 0.352 e. The minimum absolute atomic E-state index is 0.00296. The molecule has 11 heteroatoms. The van der Waals surface area contributed by atoms with Crippen LogP contribution in [0.25, 0.3) is 0 Å². The van der Waals surface area contributed by atoms with E-state index in [-0.39, 0.29) is 38.8 Å². The SMILES string of the molecule is CC(C(=O)NC1CCCC1)N(Cc1ccccc1F)C(=O)CN(c1ccc(Cl)cc1Cl)S(=O)(=O)c1ccccc1. The molecular formula is C29H30Cl2FN3O4S. The van der Waals surface area contributed by atoms with Crippen molar-refractivity contribution < 1.29 is 22.4 Å². The van der Waals surface area contributed by atoms with Crippen LogP contribution in [0.1, 0.15) is 38.2 Å². The second kappa shape index (κ2) is 13.0. The smallest absolute Gasteiger partial charge is 0.264 e. The number of amides is 2. The first-order valence-corrected chi connectivity index (χ1v) is 15.1. The zero-order valence-corrected chi connectivity index (χ0v) is 24.2. The minimum atomic E-state index is -4.28. The first-order chi connectivity index (χ1) is 19.1. The van der Waals surface area contributed by atoms with E-state index in [0.717, 1.165) is 30.0 Å². The van der Waals surface area contributed by atoms with Crippen LogP contribution < -0.4 is 9.62 Å². The fourth-order valence-electron chi connectivity index (χ4n) is 4.70. The second-order valence-electron chi connectivity index (χ2n) is 9.70. The summed E-state index contributed by atoms with van der Waals surface area (Å²) >= 11 is 12.5. The number of hydrogen-bond acceptors (Lipinski definition) is 4. The zero-order chi connectivity index (χ0) is 28.9. The van der Waals surface area contributed by atoms with E-state index in [4.69, 9.17) is 23.2 Å². The highest BCUT2D eigenvalue weighted by atomic mass is 35.5. The van der Waals surface area contributed by atoms with Gasteiger partial charge < -0.3 is 10.2 Å². The number of carbonyl (C=O) groups excluding carboxylic acids is 2. The molecule has 1 unspecified atom stereocenters. The molecule has 212 valence electrons. The van der Waals surface area contributed by atoms with Crippen LogP contribution in [0, 0.1) is 5.82 Å². The maximum atomic E-state index is 14.7. The second-order valence-corrected chi connectivity index (χ2v) is 12.4. The van der Waals surface area contributed by atoms with Gasteiger partial charge in [0.15, 0.2) is 0 Å². The Labute approximate surface area is 243 Å². The molecule has 3 aromatic rings. The van der Waals surface area contributed by atoms with Crippen molar-refractivity contribution in [3.63, 3.8) is 0 Å². The Hall–Kier alpha value is -3.14. The van der Waals surface area contributed by atoms with Gasteiger partial charge in [-0.25, -0.2) is 12.8 Å². The van der Waals surface area contributed by atoms with Gasteiger partial charge in [-0.15, -0.1) is 0 Å². The highest BCUT2D eigenvalue weighted by Gasteiger charge is 2.34. The van der Waals surface area contributed by atoms with Crippen molar-refractivity contribution in [1.82, 2.24) is 10.2 Å². The molecule has 1 fully saturated rings. The standard InChI is InChI=1S/C29H30Cl2FN3O4S/c1-20(29(37)33-23-10-6-7-11-23)34(18-21-9-5-8-14-26(21)32)28(36)19-35(27-16-15-22(30)17-25(27)31)40(38,39)24-12-3-2-4-13-24/h2-5,8-9,12-17,20,23H,6-7,10-11,18-19H2,1H3,(H,33,37). The van der Waals surface area contributed by atoms with Crippen molar-refractivity contribution in [1.29, 1.82) is 0 Å². The van der Waals surface area contributed by atoms with E-state index in [9.17, 15) is 22.4 Å². The Morgan fingerprint density at radius 1 is 1.00 bits per heavy atom. The molecule has 0 bridgehead atoms. The third-order valence-corrected chi connectivity index (χ3v) is 9.27. The molecule has 1 saturated carbocycles. The van der Waals surface area contributed by atoms with Crippen molar-refractivity contribution >= 4 is 50.7 Å². The van der Waals surface area contributed by atoms with Gasteiger partial charge in [-0.05, 0) is 56.2 Å². The van der Waals surface area contributed by atoms with Crippen LogP contribution in [0.5, 0.6) is 0 Å². The van der Waals surface area contributed by atoms with E-state index in [1.807, 2.05) is 0 Å². The van der Waals surface area contributed by atoms with Crippen LogP contribution in [-0.4, -0.2) is 43.8 Å². The van der Waals surface area contributed by atoms with Crippen LogP contribution in [-0.2, 0) is 26.2 Å². The monoisotopic (exact) mass is 605 g/mol. The van der Waals surface area contributed by atoms with Crippen molar-refractivity contribution in [3.05, 3.63) is 94.2 Å². The summed E-state index contributed by atoms with van der Waals surface area (Å²) in [6, 6.07) is 16.8. The molecular weight excluding hydrogens is 576 g/mol. The van der Waals surface area contributed by atoms with Crippen LogP contribution >= 0.6 is 23.2 Å². The maximum absolute atomic E-state index is 14.7. The number of sulfonamides is 1. The number of nitrogens with one attached hydrogen (secondary N) is 1. The molecule has 3 aromatic carbocycles. The average Bonchev–Trinajstić information content (AvgIpc) is 3.44. The van der Waals surface area contributed by atoms with Crippen LogP contribution in [0.3, 0.4) is 0 Å². The Bertz CT molecular complexity index is 1470. The summed E-state index contributed by atoms with van der Waals surface area (Å²) in [5.41, 5.74) is 0.232. The van der Waals surface area contributed by atoms with E-state index in [1.165, 1.54) is 53.4 Å². The molecule has 7 nitrogen and oxygen atoms in total. The molecule has 40 heavy (non-hydrogen) atoms. The molecule has 0 spiro atoms. The zero-order valence-electron chi connectivity index (χ0n) is 21.9. The molecule has 2 amide bonds.